The molecule has 0 radical (unpaired) electrons. The van der Waals surface area contributed by atoms with Crippen LogP contribution in [0.15, 0.2) is 53.2 Å². The number of H-pyrrole nitrogens is 1. The number of methoxy groups -OCH3 is 1. The summed E-state index contributed by atoms with van der Waals surface area (Å²) in [6, 6.07) is 14.4. The second-order valence-electron chi connectivity index (χ2n) is 6.44. The van der Waals surface area contributed by atoms with Crippen LogP contribution in [0.25, 0.3) is 22.0 Å². The molecule has 0 saturated carbocycles. The number of ether oxygens (including phenoxy) is 1. The Morgan fingerprint density at radius 3 is 2.74 bits per heavy atom. The number of nitrogens with zero attached hydrogens (tertiary/aromatic N) is 2. The van der Waals surface area contributed by atoms with Crippen LogP contribution in [0.4, 0.5) is 0 Å². The van der Waals surface area contributed by atoms with Crippen molar-refractivity contribution in [3.63, 3.8) is 0 Å². The minimum atomic E-state index is 0.634. The van der Waals surface area contributed by atoms with Gasteiger partial charge in [-0.05, 0) is 35.4 Å². The summed E-state index contributed by atoms with van der Waals surface area (Å²) in [6.45, 7) is 3.39. The van der Waals surface area contributed by atoms with E-state index in [0.29, 0.717) is 13.1 Å². The van der Waals surface area contributed by atoms with Crippen molar-refractivity contribution < 1.29 is 9.26 Å². The van der Waals surface area contributed by atoms with E-state index in [1.165, 1.54) is 0 Å². The zero-order chi connectivity index (χ0) is 18.6. The molecule has 2 aromatic heterocycles. The minimum Gasteiger partial charge on any atom is -0.497 e. The van der Waals surface area contributed by atoms with Crippen LogP contribution >= 0.6 is 0 Å². The summed E-state index contributed by atoms with van der Waals surface area (Å²) in [6.07, 6.45) is 2.74. The van der Waals surface area contributed by atoms with Crippen LogP contribution in [0.1, 0.15) is 23.9 Å². The summed E-state index contributed by atoms with van der Waals surface area (Å²) >= 11 is 0. The normalized spacial score (nSPS) is 11.2. The van der Waals surface area contributed by atoms with E-state index in [0.717, 1.165) is 51.2 Å². The van der Waals surface area contributed by atoms with Gasteiger partial charge in [0.1, 0.15) is 5.75 Å². The van der Waals surface area contributed by atoms with Gasteiger partial charge in [-0.25, -0.2) is 0 Å². The molecule has 0 unspecified atom stereocenters. The summed E-state index contributed by atoms with van der Waals surface area (Å²) in [5, 5.41) is 17.1. The SMILES string of the molecule is CCc1cc(CNCc2cn[nH]c2-c2ccc3cc(OC)ccc3c2)on1. The topological polar surface area (TPSA) is 76.0 Å². The zero-order valence-electron chi connectivity index (χ0n) is 15.5. The molecule has 0 spiro atoms. The molecule has 0 bridgehead atoms. The molecule has 27 heavy (non-hydrogen) atoms. The van der Waals surface area contributed by atoms with Crippen molar-refractivity contribution in [1.82, 2.24) is 20.7 Å². The summed E-state index contributed by atoms with van der Waals surface area (Å²) in [5.74, 6) is 1.71. The van der Waals surface area contributed by atoms with Crippen molar-refractivity contribution in [3.8, 4) is 17.0 Å². The van der Waals surface area contributed by atoms with E-state index in [9.17, 15) is 0 Å². The summed E-state index contributed by atoms with van der Waals surface area (Å²) in [4.78, 5) is 0. The smallest absolute Gasteiger partial charge is 0.150 e. The van der Waals surface area contributed by atoms with E-state index < -0.39 is 0 Å². The lowest BCUT2D eigenvalue weighted by Crippen LogP contribution is -2.12. The first kappa shape index (κ1) is 17.3. The fourth-order valence-corrected chi connectivity index (χ4v) is 3.13. The highest BCUT2D eigenvalue weighted by Crippen LogP contribution is 2.27. The largest absolute Gasteiger partial charge is 0.497 e. The number of benzene rings is 2. The average molecular weight is 362 g/mol. The maximum absolute atomic E-state index is 5.31. The number of hydrogen-bond donors (Lipinski definition) is 2. The Bertz CT molecular complexity index is 1050. The van der Waals surface area contributed by atoms with Gasteiger partial charge in [0.25, 0.3) is 0 Å². The Morgan fingerprint density at radius 2 is 1.93 bits per heavy atom. The highest BCUT2D eigenvalue weighted by molar-refractivity contribution is 5.88. The Kier molecular flexibility index (Phi) is 4.89. The van der Waals surface area contributed by atoms with Crippen molar-refractivity contribution in [2.24, 2.45) is 0 Å². The summed E-state index contributed by atoms with van der Waals surface area (Å²) in [5.41, 5.74) is 4.21. The van der Waals surface area contributed by atoms with Gasteiger partial charge in [-0.3, -0.25) is 5.10 Å². The number of fused-ring (bicyclic) bond motifs is 1. The van der Waals surface area contributed by atoms with Crippen LogP contribution in [0, 0.1) is 0 Å². The lowest BCUT2D eigenvalue weighted by Gasteiger charge is -2.07. The average Bonchev–Trinajstić information content (AvgIpc) is 3.36. The highest BCUT2D eigenvalue weighted by atomic mass is 16.5. The molecule has 0 aliphatic rings. The monoisotopic (exact) mass is 362 g/mol. The lowest BCUT2D eigenvalue weighted by molar-refractivity contribution is 0.368. The van der Waals surface area contributed by atoms with Gasteiger partial charge >= 0.3 is 0 Å². The number of aryl methyl sites for hydroxylation is 1. The lowest BCUT2D eigenvalue weighted by atomic mass is 10.0. The zero-order valence-corrected chi connectivity index (χ0v) is 15.5. The van der Waals surface area contributed by atoms with Crippen molar-refractivity contribution in [2.45, 2.75) is 26.4 Å². The molecule has 4 rings (SSSR count). The van der Waals surface area contributed by atoms with Gasteiger partial charge in [0.05, 0.1) is 31.2 Å². The Morgan fingerprint density at radius 1 is 1.07 bits per heavy atom. The molecule has 0 saturated heterocycles. The number of nitrogens with one attached hydrogen (secondary N) is 2. The third kappa shape index (κ3) is 3.71. The molecule has 6 heteroatoms. The fourth-order valence-electron chi connectivity index (χ4n) is 3.13. The first-order valence-corrected chi connectivity index (χ1v) is 9.02. The Balaban J connectivity index is 1.50. The highest BCUT2D eigenvalue weighted by Gasteiger charge is 2.09. The molecule has 0 atom stereocenters. The minimum absolute atomic E-state index is 0.634. The molecule has 0 fully saturated rings. The van der Waals surface area contributed by atoms with Crippen LogP contribution in [-0.2, 0) is 19.5 Å². The van der Waals surface area contributed by atoms with Gasteiger partial charge < -0.3 is 14.6 Å². The molecular formula is C21H22N4O2. The predicted octanol–water partition coefficient (Wildman–Crippen LogP) is 4.08. The number of aromatic amines is 1. The maximum Gasteiger partial charge on any atom is 0.150 e. The summed E-state index contributed by atoms with van der Waals surface area (Å²) in [7, 11) is 1.68. The van der Waals surface area contributed by atoms with Crippen molar-refractivity contribution in [2.75, 3.05) is 7.11 Å². The van der Waals surface area contributed by atoms with Gasteiger partial charge in [-0.1, -0.05) is 30.3 Å². The molecule has 2 aromatic carbocycles. The van der Waals surface area contributed by atoms with Gasteiger partial charge in [0.2, 0.25) is 0 Å². The molecule has 2 heterocycles. The van der Waals surface area contributed by atoms with E-state index in [1.807, 2.05) is 24.4 Å². The van der Waals surface area contributed by atoms with Gasteiger partial charge in [0.15, 0.2) is 5.76 Å². The molecule has 0 aliphatic heterocycles. The first-order valence-electron chi connectivity index (χ1n) is 9.02. The van der Waals surface area contributed by atoms with Gasteiger partial charge in [-0.2, -0.15) is 5.10 Å². The maximum atomic E-state index is 5.31. The van der Waals surface area contributed by atoms with Crippen LogP contribution in [0.2, 0.25) is 0 Å². The molecule has 2 N–H and O–H groups in total. The van der Waals surface area contributed by atoms with Gasteiger partial charge in [-0.15, -0.1) is 0 Å². The first-order chi connectivity index (χ1) is 13.3. The van der Waals surface area contributed by atoms with Crippen molar-refractivity contribution >= 4 is 10.8 Å². The number of rotatable bonds is 7. The molecule has 0 amide bonds. The van der Waals surface area contributed by atoms with Crippen LogP contribution in [0.3, 0.4) is 0 Å². The number of aromatic nitrogens is 3. The third-order valence-electron chi connectivity index (χ3n) is 4.64. The van der Waals surface area contributed by atoms with Crippen LogP contribution in [0.5, 0.6) is 5.75 Å². The standard InChI is InChI=1S/C21H22N4O2/c1-3-18-10-20(27-25-18)13-22-11-17-12-23-24-21(17)16-5-4-15-9-19(26-2)7-6-14(15)8-16/h4-10,12,22H,3,11,13H2,1-2H3,(H,23,24). The second kappa shape index (κ2) is 7.63. The molecule has 4 aromatic rings. The van der Waals surface area contributed by atoms with Crippen LogP contribution in [-0.4, -0.2) is 22.5 Å². The second-order valence-corrected chi connectivity index (χ2v) is 6.44. The molecule has 138 valence electrons. The third-order valence-corrected chi connectivity index (χ3v) is 4.64. The molecule has 0 aliphatic carbocycles. The van der Waals surface area contributed by atoms with E-state index in [1.54, 1.807) is 7.11 Å². The Labute approximate surface area is 157 Å². The van der Waals surface area contributed by atoms with Crippen molar-refractivity contribution in [3.05, 3.63) is 65.7 Å². The number of hydrogen-bond acceptors (Lipinski definition) is 5. The van der Waals surface area contributed by atoms with Crippen molar-refractivity contribution in [1.29, 1.82) is 0 Å². The van der Waals surface area contributed by atoms with Gasteiger partial charge in [0, 0.05) is 23.7 Å². The van der Waals surface area contributed by atoms with E-state index in [2.05, 4.69) is 51.9 Å². The van der Waals surface area contributed by atoms with E-state index in [-0.39, 0.29) is 0 Å². The predicted molar refractivity (Wildman–Crippen MR) is 105 cm³/mol. The fraction of sp³-hybridized carbons (Fsp3) is 0.238. The molecule has 6 nitrogen and oxygen atoms in total. The van der Waals surface area contributed by atoms with E-state index in [4.69, 9.17) is 9.26 Å². The quantitative estimate of drug-likeness (QED) is 0.518. The summed E-state index contributed by atoms with van der Waals surface area (Å²) < 4.78 is 10.6. The van der Waals surface area contributed by atoms with Crippen LogP contribution < -0.4 is 10.1 Å². The van der Waals surface area contributed by atoms with E-state index >= 15 is 0 Å². The molecular weight excluding hydrogens is 340 g/mol. The Hall–Kier alpha value is -3.12.